The standard InChI is InChI=1S/C19H28N2O/c22-19(18-8-4-5-13-20-18)21-14-11-17(12-15-21)10-9-16-6-2-1-3-7-16/h1-3,6-7,17-18,20H,4-5,8-15H2. The molecule has 22 heavy (non-hydrogen) atoms. The fourth-order valence-electron chi connectivity index (χ4n) is 3.74. The monoisotopic (exact) mass is 300 g/mol. The number of nitrogens with zero attached hydrogens (tertiary/aromatic N) is 1. The molecule has 0 bridgehead atoms. The van der Waals surface area contributed by atoms with E-state index in [-0.39, 0.29) is 6.04 Å². The van der Waals surface area contributed by atoms with Gasteiger partial charge in [-0.2, -0.15) is 0 Å². The highest BCUT2D eigenvalue weighted by Crippen LogP contribution is 2.23. The normalized spacial score (nSPS) is 23.5. The summed E-state index contributed by atoms with van der Waals surface area (Å²) in [7, 11) is 0. The van der Waals surface area contributed by atoms with Crippen LogP contribution in [0.2, 0.25) is 0 Å². The second-order valence-electron chi connectivity index (χ2n) is 6.80. The molecule has 1 unspecified atom stereocenters. The maximum Gasteiger partial charge on any atom is 0.239 e. The van der Waals surface area contributed by atoms with E-state index in [4.69, 9.17) is 0 Å². The molecule has 3 nitrogen and oxygen atoms in total. The van der Waals surface area contributed by atoms with Gasteiger partial charge in [-0.1, -0.05) is 36.8 Å². The minimum absolute atomic E-state index is 0.0922. The molecule has 0 saturated carbocycles. The Labute approximate surface area is 134 Å². The highest BCUT2D eigenvalue weighted by atomic mass is 16.2. The number of hydrogen-bond acceptors (Lipinski definition) is 2. The summed E-state index contributed by atoms with van der Waals surface area (Å²) in [4.78, 5) is 14.6. The number of nitrogens with one attached hydrogen (secondary N) is 1. The Morgan fingerprint density at radius 3 is 2.55 bits per heavy atom. The molecule has 0 aromatic heterocycles. The first-order valence-corrected chi connectivity index (χ1v) is 8.89. The molecule has 3 rings (SSSR count). The van der Waals surface area contributed by atoms with Crippen molar-refractivity contribution in [1.82, 2.24) is 10.2 Å². The summed E-state index contributed by atoms with van der Waals surface area (Å²) in [6.45, 7) is 2.91. The summed E-state index contributed by atoms with van der Waals surface area (Å²) in [5, 5.41) is 3.38. The zero-order chi connectivity index (χ0) is 15.2. The average molecular weight is 300 g/mol. The number of likely N-dealkylation sites (tertiary alicyclic amines) is 1. The number of benzene rings is 1. The fraction of sp³-hybridized carbons (Fsp3) is 0.632. The molecule has 1 aromatic rings. The Hall–Kier alpha value is -1.35. The Morgan fingerprint density at radius 2 is 1.86 bits per heavy atom. The molecule has 2 saturated heterocycles. The largest absolute Gasteiger partial charge is 0.341 e. The molecular formula is C19H28N2O. The maximum absolute atomic E-state index is 12.5. The van der Waals surface area contributed by atoms with Gasteiger partial charge >= 0.3 is 0 Å². The quantitative estimate of drug-likeness (QED) is 0.927. The number of amides is 1. The zero-order valence-corrected chi connectivity index (χ0v) is 13.5. The molecule has 1 aromatic carbocycles. The third-order valence-corrected chi connectivity index (χ3v) is 5.22. The van der Waals surface area contributed by atoms with Gasteiger partial charge in [0.1, 0.15) is 0 Å². The highest BCUT2D eigenvalue weighted by Gasteiger charge is 2.28. The van der Waals surface area contributed by atoms with Crippen LogP contribution in [-0.2, 0) is 11.2 Å². The lowest BCUT2D eigenvalue weighted by molar-refractivity contribution is -0.135. The van der Waals surface area contributed by atoms with E-state index in [9.17, 15) is 4.79 Å². The van der Waals surface area contributed by atoms with Gasteiger partial charge in [-0.3, -0.25) is 4.79 Å². The van der Waals surface area contributed by atoms with Crippen molar-refractivity contribution in [2.75, 3.05) is 19.6 Å². The van der Waals surface area contributed by atoms with Gasteiger partial charge in [0, 0.05) is 13.1 Å². The minimum atomic E-state index is 0.0922. The van der Waals surface area contributed by atoms with Crippen LogP contribution in [0.3, 0.4) is 0 Å². The van der Waals surface area contributed by atoms with Crippen molar-refractivity contribution in [3.8, 4) is 0 Å². The lowest BCUT2D eigenvalue weighted by Gasteiger charge is -2.35. The Kier molecular flexibility index (Phi) is 5.49. The molecule has 0 radical (unpaired) electrons. The van der Waals surface area contributed by atoms with Gasteiger partial charge in [0.25, 0.3) is 0 Å². The molecule has 2 fully saturated rings. The Bertz CT molecular complexity index is 460. The topological polar surface area (TPSA) is 32.3 Å². The van der Waals surface area contributed by atoms with Gasteiger partial charge in [0.05, 0.1) is 6.04 Å². The van der Waals surface area contributed by atoms with Gasteiger partial charge in [-0.15, -0.1) is 0 Å². The van der Waals surface area contributed by atoms with Crippen LogP contribution >= 0.6 is 0 Å². The predicted molar refractivity (Wildman–Crippen MR) is 89.7 cm³/mol. The SMILES string of the molecule is O=C(C1CCCCN1)N1CCC(CCc2ccccc2)CC1. The third-order valence-electron chi connectivity index (χ3n) is 5.22. The van der Waals surface area contributed by atoms with Crippen LogP contribution in [0.25, 0.3) is 0 Å². The van der Waals surface area contributed by atoms with E-state index in [0.29, 0.717) is 5.91 Å². The van der Waals surface area contributed by atoms with Crippen LogP contribution in [0.4, 0.5) is 0 Å². The first-order chi connectivity index (χ1) is 10.8. The summed E-state index contributed by atoms with van der Waals surface area (Å²) < 4.78 is 0. The van der Waals surface area contributed by atoms with Crippen molar-refractivity contribution in [2.24, 2.45) is 5.92 Å². The summed E-state index contributed by atoms with van der Waals surface area (Å²) in [6.07, 6.45) is 8.20. The molecule has 3 heteroatoms. The summed E-state index contributed by atoms with van der Waals surface area (Å²) in [5.74, 6) is 1.13. The van der Waals surface area contributed by atoms with Gasteiger partial charge in [0.15, 0.2) is 0 Å². The molecule has 2 aliphatic rings. The van der Waals surface area contributed by atoms with E-state index in [1.165, 1.54) is 44.1 Å². The first kappa shape index (κ1) is 15.5. The molecule has 1 amide bonds. The third kappa shape index (κ3) is 4.10. The summed E-state index contributed by atoms with van der Waals surface area (Å²) in [5.41, 5.74) is 1.44. The van der Waals surface area contributed by atoms with Crippen molar-refractivity contribution < 1.29 is 4.79 Å². The number of carbonyl (C=O) groups is 1. The second kappa shape index (κ2) is 7.77. The van der Waals surface area contributed by atoms with Crippen LogP contribution in [0.15, 0.2) is 30.3 Å². The number of rotatable bonds is 4. The van der Waals surface area contributed by atoms with Crippen LogP contribution in [0.5, 0.6) is 0 Å². The number of aryl methyl sites for hydroxylation is 1. The second-order valence-corrected chi connectivity index (χ2v) is 6.80. The maximum atomic E-state index is 12.5. The van der Waals surface area contributed by atoms with Crippen molar-refractivity contribution in [1.29, 1.82) is 0 Å². The van der Waals surface area contributed by atoms with Crippen LogP contribution in [-0.4, -0.2) is 36.5 Å². The molecule has 1 atom stereocenters. The first-order valence-electron chi connectivity index (χ1n) is 8.89. The van der Waals surface area contributed by atoms with Crippen LogP contribution in [0.1, 0.15) is 44.1 Å². The highest BCUT2D eigenvalue weighted by molar-refractivity contribution is 5.82. The molecule has 2 aliphatic heterocycles. The van der Waals surface area contributed by atoms with E-state index in [1.54, 1.807) is 0 Å². The van der Waals surface area contributed by atoms with Crippen molar-refractivity contribution >= 4 is 5.91 Å². The average Bonchev–Trinajstić information content (AvgIpc) is 2.61. The van der Waals surface area contributed by atoms with E-state index >= 15 is 0 Å². The lowest BCUT2D eigenvalue weighted by atomic mass is 9.90. The molecule has 120 valence electrons. The fourth-order valence-corrected chi connectivity index (χ4v) is 3.74. The van der Waals surface area contributed by atoms with Gasteiger partial charge < -0.3 is 10.2 Å². The zero-order valence-electron chi connectivity index (χ0n) is 13.5. The molecule has 2 heterocycles. The van der Waals surface area contributed by atoms with E-state index in [1.807, 2.05) is 0 Å². The van der Waals surface area contributed by atoms with Crippen molar-refractivity contribution in [3.63, 3.8) is 0 Å². The molecule has 1 N–H and O–H groups in total. The molecule has 0 spiro atoms. The van der Waals surface area contributed by atoms with E-state index in [0.717, 1.165) is 32.0 Å². The van der Waals surface area contributed by atoms with Gasteiger partial charge in [-0.05, 0) is 56.6 Å². The number of carbonyl (C=O) groups excluding carboxylic acids is 1. The summed E-state index contributed by atoms with van der Waals surface area (Å²) in [6, 6.07) is 10.8. The Morgan fingerprint density at radius 1 is 1.09 bits per heavy atom. The van der Waals surface area contributed by atoms with E-state index < -0.39 is 0 Å². The van der Waals surface area contributed by atoms with Crippen molar-refractivity contribution in [3.05, 3.63) is 35.9 Å². The number of hydrogen-bond donors (Lipinski definition) is 1. The van der Waals surface area contributed by atoms with Crippen LogP contribution < -0.4 is 5.32 Å². The molecule has 0 aliphatic carbocycles. The number of piperidine rings is 2. The molecular weight excluding hydrogens is 272 g/mol. The smallest absolute Gasteiger partial charge is 0.239 e. The summed E-state index contributed by atoms with van der Waals surface area (Å²) >= 11 is 0. The predicted octanol–water partition coefficient (Wildman–Crippen LogP) is 3.00. The lowest BCUT2D eigenvalue weighted by Crippen LogP contribution is -2.50. The van der Waals surface area contributed by atoms with Crippen LogP contribution in [0, 0.1) is 5.92 Å². The van der Waals surface area contributed by atoms with Gasteiger partial charge in [0.2, 0.25) is 5.91 Å². The van der Waals surface area contributed by atoms with Crippen molar-refractivity contribution in [2.45, 2.75) is 51.0 Å². The van der Waals surface area contributed by atoms with E-state index in [2.05, 4.69) is 40.5 Å². The minimum Gasteiger partial charge on any atom is -0.341 e. The van der Waals surface area contributed by atoms with Gasteiger partial charge in [-0.25, -0.2) is 0 Å². The Balaban J connectivity index is 1.41.